The van der Waals surface area contributed by atoms with E-state index >= 15 is 0 Å². The fourth-order valence-corrected chi connectivity index (χ4v) is 2.69. The van der Waals surface area contributed by atoms with Gasteiger partial charge in [0.25, 0.3) is 0 Å². The first kappa shape index (κ1) is 16.2. The van der Waals surface area contributed by atoms with Crippen molar-refractivity contribution in [2.45, 2.75) is 39.7 Å². The van der Waals surface area contributed by atoms with Crippen molar-refractivity contribution in [1.82, 2.24) is 14.9 Å². The molecule has 5 nitrogen and oxygen atoms in total. The van der Waals surface area contributed by atoms with Gasteiger partial charge in [-0.05, 0) is 19.8 Å². The van der Waals surface area contributed by atoms with E-state index in [0.717, 1.165) is 50.2 Å². The van der Waals surface area contributed by atoms with Crippen molar-refractivity contribution in [3.05, 3.63) is 17.6 Å². The predicted molar refractivity (Wildman–Crippen MR) is 86.0 cm³/mol. The average Bonchev–Trinajstić information content (AvgIpc) is 2.47. The maximum atomic E-state index is 5.42. The van der Waals surface area contributed by atoms with Gasteiger partial charge in [0, 0.05) is 44.5 Å². The van der Waals surface area contributed by atoms with Crippen LogP contribution in [0.4, 0.5) is 5.82 Å². The minimum atomic E-state index is 0.426. The van der Waals surface area contributed by atoms with Gasteiger partial charge in [0.15, 0.2) is 0 Å². The zero-order valence-electron chi connectivity index (χ0n) is 14.0. The lowest BCUT2D eigenvalue weighted by Crippen LogP contribution is -2.46. The van der Waals surface area contributed by atoms with Gasteiger partial charge in [-0.25, -0.2) is 9.97 Å². The van der Waals surface area contributed by atoms with Gasteiger partial charge in [-0.1, -0.05) is 13.8 Å². The van der Waals surface area contributed by atoms with E-state index in [1.54, 1.807) is 0 Å². The van der Waals surface area contributed by atoms with Gasteiger partial charge in [-0.15, -0.1) is 0 Å². The Hall–Kier alpha value is -1.20. The van der Waals surface area contributed by atoms with Crippen LogP contribution in [0.1, 0.15) is 38.2 Å². The van der Waals surface area contributed by atoms with Gasteiger partial charge in [-0.2, -0.15) is 0 Å². The van der Waals surface area contributed by atoms with E-state index in [9.17, 15) is 0 Å². The minimum Gasteiger partial charge on any atom is -0.379 e. The highest BCUT2D eigenvalue weighted by Gasteiger charge is 2.19. The summed E-state index contributed by atoms with van der Waals surface area (Å²) in [6.07, 6.45) is 0. The van der Waals surface area contributed by atoms with Gasteiger partial charge in [-0.3, -0.25) is 4.90 Å². The van der Waals surface area contributed by atoms with Crippen LogP contribution in [0, 0.1) is 6.92 Å². The molecule has 0 aliphatic carbocycles. The normalized spacial score (nSPS) is 18.0. The molecule has 0 amide bonds. The molecule has 1 unspecified atom stereocenters. The molecular weight excluding hydrogens is 264 g/mol. The smallest absolute Gasteiger partial charge is 0.132 e. The second-order valence-electron chi connectivity index (χ2n) is 6.23. The van der Waals surface area contributed by atoms with Crippen LogP contribution in [0.15, 0.2) is 6.07 Å². The molecule has 0 saturated carbocycles. The van der Waals surface area contributed by atoms with Crippen molar-refractivity contribution in [2.24, 2.45) is 0 Å². The van der Waals surface area contributed by atoms with Gasteiger partial charge < -0.3 is 9.64 Å². The summed E-state index contributed by atoms with van der Waals surface area (Å²) in [5.41, 5.74) is 1.11. The van der Waals surface area contributed by atoms with Gasteiger partial charge >= 0.3 is 0 Å². The molecule has 2 rings (SSSR count). The number of morpholine rings is 1. The lowest BCUT2D eigenvalue weighted by atomic mass is 10.1. The van der Waals surface area contributed by atoms with Gasteiger partial charge in [0.2, 0.25) is 0 Å². The third-order valence-corrected chi connectivity index (χ3v) is 4.03. The number of aromatic nitrogens is 2. The Morgan fingerprint density at radius 1 is 1.24 bits per heavy atom. The van der Waals surface area contributed by atoms with Crippen molar-refractivity contribution in [1.29, 1.82) is 0 Å². The van der Waals surface area contributed by atoms with Crippen LogP contribution in [-0.2, 0) is 4.74 Å². The molecule has 1 fully saturated rings. The summed E-state index contributed by atoms with van der Waals surface area (Å²) in [6.45, 7) is 13.3. The Labute approximate surface area is 128 Å². The summed E-state index contributed by atoms with van der Waals surface area (Å²) >= 11 is 0. The number of aryl methyl sites for hydroxylation is 1. The highest BCUT2D eigenvalue weighted by molar-refractivity contribution is 5.39. The molecule has 1 atom stereocenters. The second-order valence-corrected chi connectivity index (χ2v) is 6.23. The SMILES string of the molecule is Cc1nc(C(C)C)cc(N(C)CC(C)N2CCOCC2)n1. The predicted octanol–water partition coefficient (Wildman–Crippen LogP) is 2.07. The molecule has 0 radical (unpaired) electrons. The van der Waals surface area contributed by atoms with Crippen LogP contribution in [0.5, 0.6) is 0 Å². The number of rotatable bonds is 5. The molecule has 0 spiro atoms. The molecule has 1 aliphatic heterocycles. The zero-order valence-corrected chi connectivity index (χ0v) is 14.0. The maximum absolute atomic E-state index is 5.42. The third kappa shape index (κ3) is 4.38. The van der Waals surface area contributed by atoms with Crippen LogP contribution in [0.25, 0.3) is 0 Å². The van der Waals surface area contributed by atoms with Crippen LogP contribution in [0.2, 0.25) is 0 Å². The number of likely N-dealkylation sites (N-methyl/N-ethyl adjacent to an activating group) is 1. The molecule has 1 aromatic heterocycles. The quantitative estimate of drug-likeness (QED) is 0.831. The first-order chi connectivity index (χ1) is 9.97. The van der Waals surface area contributed by atoms with E-state index in [2.05, 4.69) is 53.7 Å². The molecule has 0 N–H and O–H groups in total. The number of anilines is 1. The topological polar surface area (TPSA) is 41.5 Å². The Kier molecular flexibility index (Phi) is 5.53. The number of hydrogen-bond acceptors (Lipinski definition) is 5. The standard InChI is InChI=1S/C16H28N4O/c1-12(2)15-10-16(18-14(4)17-15)19(5)11-13(3)20-6-8-21-9-7-20/h10,12-13H,6-9,11H2,1-5H3. The van der Waals surface area contributed by atoms with E-state index in [1.807, 2.05) is 6.92 Å². The summed E-state index contributed by atoms with van der Waals surface area (Å²) < 4.78 is 5.42. The summed E-state index contributed by atoms with van der Waals surface area (Å²) in [6, 6.07) is 2.61. The van der Waals surface area contributed by atoms with Crippen LogP contribution in [-0.4, -0.2) is 60.8 Å². The fraction of sp³-hybridized carbons (Fsp3) is 0.750. The minimum absolute atomic E-state index is 0.426. The monoisotopic (exact) mass is 292 g/mol. The molecule has 21 heavy (non-hydrogen) atoms. The molecule has 0 aromatic carbocycles. The number of hydrogen-bond donors (Lipinski definition) is 0. The zero-order chi connectivity index (χ0) is 15.4. The second kappa shape index (κ2) is 7.18. The van der Waals surface area contributed by atoms with E-state index in [4.69, 9.17) is 4.74 Å². The average molecular weight is 292 g/mol. The summed E-state index contributed by atoms with van der Waals surface area (Å²) in [5, 5.41) is 0. The highest BCUT2D eigenvalue weighted by atomic mass is 16.5. The van der Waals surface area contributed by atoms with E-state index in [1.165, 1.54) is 0 Å². The van der Waals surface area contributed by atoms with Crippen LogP contribution in [0.3, 0.4) is 0 Å². The highest BCUT2D eigenvalue weighted by Crippen LogP contribution is 2.18. The molecule has 1 aromatic rings. The van der Waals surface area contributed by atoms with Crippen molar-refractivity contribution in [3.63, 3.8) is 0 Å². The largest absolute Gasteiger partial charge is 0.379 e. The first-order valence-electron chi connectivity index (χ1n) is 7.86. The Bertz CT molecular complexity index is 458. The van der Waals surface area contributed by atoms with Gasteiger partial charge in [0.05, 0.1) is 13.2 Å². The molecule has 2 heterocycles. The van der Waals surface area contributed by atoms with Crippen molar-refractivity contribution in [3.8, 4) is 0 Å². The summed E-state index contributed by atoms with van der Waals surface area (Å²) in [7, 11) is 2.11. The van der Waals surface area contributed by atoms with E-state index in [0.29, 0.717) is 12.0 Å². The Morgan fingerprint density at radius 2 is 1.90 bits per heavy atom. The van der Waals surface area contributed by atoms with Crippen molar-refractivity contribution >= 4 is 5.82 Å². The molecule has 1 saturated heterocycles. The lowest BCUT2D eigenvalue weighted by molar-refractivity contribution is 0.0218. The third-order valence-electron chi connectivity index (χ3n) is 4.03. The molecular formula is C16H28N4O. The van der Waals surface area contributed by atoms with E-state index < -0.39 is 0 Å². The maximum Gasteiger partial charge on any atom is 0.132 e. The summed E-state index contributed by atoms with van der Waals surface area (Å²) in [5.74, 6) is 2.30. The van der Waals surface area contributed by atoms with Crippen LogP contribution < -0.4 is 4.90 Å². The molecule has 0 bridgehead atoms. The fourth-order valence-electron chi connectivity index (χ4n) is 2.69. The van der Waals surface area contributed by atoms with E-state index in [-0.39, 0.29) is 0 Å². The number of nitrogens with zero attached hydrogens (tertiary/aromatic N) is 4. The molecule has 1 aliphatic rings. The summed E-state index contributed by atoms with van der Waals surface area (Å²) in [4.78, 5) is 13.8. The van der Waals surface area contributed by atoms with Crippen molar-refractivity contribution in [2.75, 3.05) is 44.8 Å². The lowest BCUT2D eigenvalue weighted by Gasteiger charge is -2.34. The molecule has 5 heteroatoms. The Morgan fingerprint density at radius 3 is 2.52 bits per heavy atom. The first-order valence-corrected chi connectivity index (χ1v) is 7.86. The molecule has 118 valence electrons. The van der Waals surface area contributed by atoms with Crippen molar-refractivity contribution < 1.29 is 4.74 Å². The number of ether oxygens (including phenoxy) is 1. The Balaban J connectivity index is 2.03. The van der Waals surface area contributed by atoms with Gasteiger partial charge in [0.1, 0.15) is 11.6 Å². The van der Waals surface area contributed by atoms with Crippen LogP contribution >= 0.6 is 0 Å².